The number of fused-ring (bicyclic) bond motifs is 2. The molecule has 0 radical (unpaired) electrons. The maximum Gasteiger partial charge on any atom is 0.138 e. The third-order valence-corrected chi connectivity index (χ3v) is 5.74. The van der Waals surface area contributed by atoms with Crippen LogP contribution in [0.25, 0.3) is 6.08 Å². The van der Waals surface area contributed by atoms with Crippen molar-refractivity contribution in [3.8, 4) is 11.5 Å². The van der Waals surface area contributed by atoms with E-state index in [2.05, 4.69) is 64.1 Å². The van der Waals surface area contributed by atoms with Crippen molar-refractivity contribution in [1.29, 1.82) is 0 Å². The standard InChI is InChI=1S/C26H27NO2/c1-6-18(12-14-24-26(3,4)21-9-7-8-10-22(21)27-24)25-17(2)15-19-11-13-20(28-5)16-23(19)29-25/h7-16H,6H2,1-5H3/b14-12+,25-18-. The lowest BCUT2D eigenvalue weighted by Gasteiger charge is -2.22. The van der Waals surface area contributed by atoms with Gasteiger partial charge in [-0.25, -0.2) is 0 Å². The second kappa shape index (κ2) is 7.40. The van der Waals surface area contributed by atoms with Crippen LogP contribution in [-0.4, -0.2) is 12.8 Å². The van der Waals surface area contributed by atoms with Gasteiger partial charge >= 0.3 is 0 Å². The van der Waals surface area contributed by atoms with Crippen molar-refractivity contribution in [1.82, 2.24) is 0 Å². The summed E-state index contributed by atoms with van der Waals surface area (Å²) in [4.78, 5) is 4.87. The van der Waals surface area contributed by atoms with Gasteiger partial charge in [0.25, 0.3) is 0 Å². The Morgan fingerprint density at radius 1 is 1.17 bits per heavy atom. The highest BCUT2D eigenvalue weighted by atomic mass is 16.5. The number of para-hydroxylation sites is 1. The van der Waals surface area contributed by atoms with Gasteiger partial charge in [0.15, 0.2) is 0 Å². The van der Waals surface area contributed by atoms with Crippen molar-refractivity contribution >= 4 is 17.5 Å². The van der Waals surface area contributed by atoms with Gasteiger partial charge in [-0.15, -0.1) is 0 Å². The molecule has 2 heterocycles. The lowest BCUT2D eigenvalue weighted by Crippen LogP contribution is -2.23. The molecule has 0 unspecified atom stereocenters. The molecule has 0 aromatic heterocycles. The summed E-state index contributed by atoms with van der Waals surface area (Å²) in [6, 6.07) is 14.3. The number of hydrogen-bond donors (Lipinski definition) is 0. The predicted octanol–water partition coefficient (Wildman–Crippen LogP) is 6.78. The Kier molecular flexibility index (Phi) is 4.91. The Labute approximate surface area is 173 Å². The zero-order valence-corrected chi connectivity index (χ0v) is 17.7. The molecule has 0 atom stereocenters. The van der Waals surface area contributed by atoms with Crippen molar-refractivity contribution in [3.05, 3.63) is 82.6 Å². The van der Waals surface area contributed by atoms with Gasteiger partial charge in [0.05, 0.1) is 18.5 Å². The van der Waals surface area contributed by atoms with Crippen LogP contribution in [0.15, 0.2) is 76.5 Å². The minimum Gasteiger partial charge on any atom is -0.497 e. The highest BCUT2D eigenvalue weighted by molar-refractivity contribution is 6.08. The zero-order chi connectivity index (χ0) is 20.6. The second-order valence-corrected chi connectivity index (χ2v) is 8.01. The van der Waals surface area contributed by atoms with E-state index in [0.717, 1.165) is 51.8 Å². The second-order valence-electron chi connectivity index (χ2n) is 8.01. The molecule has 0 aliphatic carbocycles. The first-order valence-electron chi connectivity index (χ1n) is 10.1. The number of ether oxygens (including phenoxy) is 2. The molecule has 0 N–H and O–H groups in total. The van der Waals surface area contributed by atoms with Crippen LogP contribution in [0.5, 0.6) is 11.5 Å². The van der Waals surface area contributed by atoms with E-state index in [1.807, 2.05) is 24.3 Å². The average Bonchev–Trinajstić information content (AvgIpc) is 2.98. The van der Waals surface area contributed by atoms with E-state index in [-0.39, 0.29) is 5.41 Å². The van der Waals surface area contributed by atoms with Crippen LogP contribution < -0.4 is 9.47 Å². The fraction of sp³-hybridized carbons (Fsp3) is 0.269. The van der Waals surface area contributed by atoms with E-state index in [0.29, 0.717) is 0 Å². The smallest absolute Gasteiger partial charge is 0.138 e. The average molecular weight is 386 g/mol. The van der Waals surface area contributed by atoms with Crippen LogP contribution in [0.3, 0.4) is 0 Å². The predicted molar refractivity (Wildman–Crippen MR) is 120 cm³/mol. The van der Waals surface area contributed by atoms with E-state index < -0.39 is 0 Å². The number of nitrogens with zero attached hydrogens (tertiary/aromatic N) is 1. The number of allylic oxidation sites excluding steroid dienone is 4. The van der Waals surface area contributed by atoms with E-state index in [1.165, 1.54) is 5.56 Å². The van der Waals surface area contributed by atoms with Gasteiger partial charge in [-0.2, -0.15) is 0 Å². The van der Waals surface area contributed by atoms with Crippen LogP contribution in [0, 0.1) is 0 Å². The fourth-order valence-electron chi connectivity index (χ4n) is 3.94. The van der Waals surface area contributed by atoms with Crippen LogP contribution in [0.2, 0.25) is 0 Å². The Balaban J connectivity index is 1.68. The van der Waals surface area contributed by atoms with Gasteiger partial charge in [0, 0.05) is 17.0 Å². The van der Waals surface area contributed by atoms with Gasteiger partial charge in [-0.1, -0.05) is 45.0 Å². The lowest BCUT2D eigenvalue weighted by molar-refractivity contribution is 0.398. The number of benzene rings is 2. The summed E-state index contributed by atoms with van der Waals surface area (Å²) < 4.78 is 11.7. The van der Waals surface area contributed by atoms with E-state index in [4.69, 9.17) is 14.5 Å². The SMILES string of the molecule is CCC(/C=C/C1=Nc2ccccc2C1(C)C)=C1/Oc2cc(OC)ccc2C=C1C. The molecule has 0 saturated heterocycles. The third-order valence-electron chi connectivity index (χ3n) is 5.74. The Morgan fingerprint density at radius 3 is 2.69 bits per heavy atom. The maximum atomic E-state index is 6.31. The van der Waals surface area contributed by atoms with Crippen LogP contribution in [-0.2, 0) is 5.41 Å². The highest BCUT2D eigenvalue weighted by Gasteiger charge is 2.33. The number of aliphatic imine (C=N–C) groups is 1. The first kappa shape index (κ1) is 19.3. The van der Waals surface area contributed by atoms with Crippen molar-refractivity contribution in [2.45, 2.75) is 39.5 Å². The molecule has 0 fully saturated rings. The molecule has 2 aromatic rings. The van der Waals surface area contributed by atoms with Gasteiger partial charge in [0.2, 0.25) is 0 Å². The maximum absolute atomic E-state index is 6.31. The Hall–Kier alpha value is -3.07. The fourth-order valence-corrected chi connectivity index (χ4v) is 3.94. The van der Waals surface area contributed by atoms with E-state index in [9.17, 15) is 0 Å². The van der Waals surface area contributed by atoms with Crippen LogP contribution in [0.4, 0.5) is 5.69 Å². The van der Waals surface area contributed by atoms with Crippen LogP contribution in [0.1, 0.15) is 45.2 Å². The van der Waals surface area contributed by atoms with Crippen molar-refractivity contribution in [3.63, 3.8) is 0 Å². The van der Waals surface area contributed by atoms with Crippen LogP contribution >= 0.6 is 0 Å². The number of rotatable bonds is 4. The molecule has 0 spiro atoms. The topological polar surface area (TPSA) is 30.8 Å². The molecule has 4 rings (SSSR count). The molecule has 2 aliphatic rings. The number of hydrogen-bond acceptors (Lipinski definition) is 3. The summed E-state index contributed by atoms with van der Waals surface area (Å²) in [5.41, 5.74) is 6.66. The quantitative estimate of drug-likeness (QED) is 0.581. The molecular formula is C26H27NO2. The molecule has 0 saturated carbocycles. The first-order valence-corrected chi connectivity index (χ1v) is 10.1. The molecule has 2 aromatic carbocycles. The Bertz CT molecular complexity index is 1080. The molecule has 0 bridgehead atoms. The summed E-state index contributed by atoms with van der Waals surface area (Å²) in [6.45, 7) is 8.71. The molecule has 3 heteroatoms. The first-order chi connectivity index (χ1) is 13.9. The summed E-state index contributed by atoms with van der Waals surface area (Å²) in [5, 5.41) is 0. The minimum atomic E-state index is -0.102. The van der Waals surface area contributed by atoms with E-state index in [1.54, 1.807) is 7.11 Å². The van der Waals surface area contributed by atoms with E-state index >= 15 is 0 Å². The molecule has 2 aliphatic heterocycles. The normalized spacial score (nSPS) is 18.5. The molecular weight excluding hydrogens is 358 g/mol. The van der Waals surface area contributed by atoms with Crippen molar-refractivity contribution in [2.24, 2.45) is 4.99 Å². The molecule has 3 nitrogen and oxygen atoms in total. The minimum absolute atomic E-state index is 0.102. The van der Waals surface area contributed by atoms with Crippen molar-refractivity contribution in [2.75, 3.05) is 7.11 Å². The molecule has 0 amide bonds. The monoisotopic (exact) mass is 385 g/mol. The molecule has 148 valence electrons. The van der Waals surface area contributed by atoms with Gasteiger partial charge in [0.1, 0.15) is 17.3 Å². The zero-order valence-electron chi connectivity index (χ0n) is 17.7. The van der Waals surface area contributed by atoms with Gasteiger partial charge < -0.3 is 9.47 Å². The highest BCUT2D eigenvalue weighted by Crippen LogP contribution is 2.40. The lowest BCUT2D eigenvalue weighted by atomic mass is 9.81. The summed E-state index contributed by atoms with van der Waals surface area (Å²) in [7, 11) is 1.67. The number of methoxy groups -OCH3 is 1. The van der Waals surface area contributed by atoms with Gasteiger partial charge in [-0.05, 0) is 60.4 Å². The largest absolute Gasteiger partial charge is 0.497 e. The van der Waals surface area contributed by atoms with Crippen molar-refractivity contribution < 1.29 is 9.47 Å². The summed E-state index contributed by atoms with van der Waals surface area (Å²) in [5.74, 6) is 2.54. The van der Waals surface area contributed by atoms with Gasteiger partial charge in [-0.3, -0.25) is 4.99 Å². The Morgan fingerprint density at radius 2 is 1.97 bits per heavy atom. The summed E-state index contributed by atoms with van der Waals surface area (Å²) in [6.07, 6.45) is 7.34. The third kappa shape index (κ3) is 3.42. The molecule has 29 heavy (non-hydrogen) atoms. The summed E-state index contributed by atoms with van der Waals surface area (Å²) >= 11 is 0.